The van der Waals surface area contributed by atoms with E-state index in [1.54, 1.807) is 24.3 Å². The lowest BCUT2D eigenvalue weighted by Crippen LogP contribution is -2.35. The van der Waals surface area contributed by atoms with Crippen molar-refractivity contribution in [2.24, 2.45) is 5.92 Å². The van der Waals surface area contributed by atoms with Gasteiger partial charge < -0.3 is 10.1 Å². The molecule has 1 aliphatic rings. The highest BCUT2D eigenvalue weighted by Crippen LogP contribution is 2.33. The van der Waals surface area contributed by atoms with Gasteiger partial charge in [-0.25, -0.2) is 8.42 Å². The number of aryl methyl sites for hydroxylation is 1. The van der Waals surface area contributed by atoms with Crippen molar-refractivity contribution in [1.29, 1.82) is 0 Å². The van der Waals surface area contributed by atoms with Crippen molar-refractivity contribution in [1.82, 2.24) is 5.32 Å². The molecule has 0 bridgehead atoms. The van der Waals surface area contributed by atoms with E-state index in [9.17, 15) is 13.2 Å². The summed E-state index contributed by atoms with van der Waals surface area (Å²) in [7, 11) is -3.45. The Morgan fingerprint density at radius 2 is 1.82 bits per heavy atom. The molecule has 2 atom stereocenters. The van der Waals surface area contributed by atoms with Gasteiger partial charge in [-0.1, -0.05) is 48.0 Å². The van der Waals surface area contributed by atoms with Gasteiger partial charge in [-0.15, -0.1) is 0 Å². The number of ether oxygens (including phenoxy) is 1. The highest BCUT2D eigenvalue weighted by molar-refractivity contribution is 7.91. The molecule has 28 heavy (non-hydrogen) atoms. The molecule has 1 aliphatic heterocycles. The Morgan fingerprint density at radius 1 is 1.11 bits per heavy atom. The number of benzene rings is 2. The quantitative estimate of drug-likeness (QED) is 0.771. The first-order chi connectivity index (χ1) is 13.5. The summed E-state index contributed by atoms with van der Waals surface area (Å²) in [5.74, 6) is -0.243. The molecule has 0 saturated carbocycles. The molecule has 0 radical (unpaired) electrons. The van der Waals surface area contributed by atoms with Crippen molar-refractivity contribution in [3.63, 3.8) is 0 Å². The first-order valence-corrected chi connectivity index (χ1v) is 11.3. The van der Waals surface area contributed by atoms with E-state index in [-0.39, 0.29) is 35.0 Å². The van der Waals surface area contributed by atoms with E-state index in [2.05, 4.69) is 5.32 Å². The average molecular weight is 402 g/mol. The lowest BCUT2D eigenvalue weighted by molar-refractivity contribution is -0.121. The van der Waals surface area contributed by atoms with Crippen LogP contribution in [0.15, 0.2) is 59.5 Å². The first kappa shape index (κ1) is 20.6. The van der Waals surface area contributed by atoms with Gasteiger partial charge in [0, 0.05) is 25.5 Å². The minimum Gasteiger partial charge on any atom is -0.373 e. The molecule has 2 aromatic rings. The molecule has 2 aromatic carbocycles. The van der Waals surface area contributed by atoms with Crippen molar-refractivity contribution in [3.05, 3.63) is 65.7 Å². The largest absolute Gasteiger partial charge is 0.373 e. The SMILES string of the molecule is Cc1ccc(S(=O)(=O)CCC(=O)NCC2CCCOC2c2ccccc2)cc1. The van der Waals surface area contributed by atoms with Crippen LogP contribution in [0.25, 0.3) is 0 Å². The van der Waals surface area contributed by atoms with E-state index in [1.807, 2.05) is 37.3 Å². The van der Waals surface area contributed by atoms with Crippen molar-refractivity contribution in [3.8, 4) is 0 Å². The van der Waals surface area contributed by atoms with E-state index in [0.717, 1.165) is 30.6 Å². The summed E-state index contributed by atoms with van der Waals surface area (Å²) in [6, 6.07) is 16.7. The maximum Gasteiger partial charge on any atom is 0.221 e. The summed E-state index contributed by atoms with van der Waals surface area (Å²) >= 11 is 0. The van der Waals surface area contributed by atoms with E-state index < -0.39 is 9.84 Å². The fraction of sp³-hybridized carbons (Fsp3) is 0.409. The third-order valence-electron chi connectivity index (χ3n) is 5.11. The lowest BCUT2D eigenvalue weighted by atomic mass is 9.89. The van der Waals surface area contributed by atoms with Gasteiger partial charge in [-0.3, -0.25) is 4.79 Å². The second-order valence-electron chi connectivity index (χ2n) is 7.29. The summed E-state index contributed by atoms with van der Waals surface area (Å²) in [6.45, 7) is 3.11. The zero-order chi connectivity index (χ0) is 20.0. The highest BCUT2D eigenvalue weighted by atomic mass is 32.2. The predicted octanol–water partition coefficient (Wildman–Crippen LogP) is 3.44. The maximum absolute atomic E-state index is 12.4. The van der Waals surface area contributed by atoms with Crippen molar-refractivity contribution < 1.29 is 17.9 Å². The van der Waals surface area contributed by atoms with Crippen LogP contribution in [-0.2, 0) is 19.4 Å². The zero-order valence-corrected chi connectivity index (χ0v) is 17.0. The number of carbonyl (C=O) groups excluding carboxylic acids is 1. The molecular formula is C22H27NO4S. The molecule has 5 nitrogen and oxygen atoms in total. The monoisotopic (exact) mass is 401 g/mol. The Bertz CT molecular complexity index is 879. The molecule has 1 heterocycles. The highest BCUT2D eigenvalue weighted by Gasteiger charge is 2.27. The predicted molar refractivity (Wildman–Crippen MR) is 109 cm³/mol. The van der Waals surface area contributed by atoms with Crippen LogP contribution < -0.4 is 5.32 Å². The van der Waals surface area contributed by atoms with Gasteiger partial charge in [0.05, 0.1) is 16.8 Å². The van der Waals surface area contributed by atoms with E-state index in [1.165, 1.54) is 0 Å². The minimum atomic E-state index is -3.45. The Hall–Kier alpha value is -2.18. The van der Waals surface area contributed by atoms with Crippen LogP contribution in [0.3, 0.4) is 0 Å². The van der Waals surface area contributed by atoms with Crippen LogP contribution in [0.2, 0.25) is 0 Å². The summed E-state index contributed by atoms with van der Waals surface area (Å²) in [4.78, 5) is 12.5. The summed E-state index contributed by atoms with van der Waals surface area (Å²) in [5.41, 5.74) is 2.11. The average Bonchev–Trinajstić information content (AvgIpc) is 2.72. The third kappa shape index (κ3) is 5.42. The van der Waals surface area contributed by atoms with Gasteiger partial charge in [0.15, 0.2) is 9.84 Å². The molecule has 0 spiro atoms. The molecule has 1 N–H and O–H groups in total. The number of hydrogen-bond acceptors (Lipinski definition) is 4. The zero-order valence-electron chi connectivity index (χ0n) is 16.1. The van der Waals surface area contributed by atoms with E-state index >= 15 is 0 Å². The fourth-order valence-corrected chi connectivity index (χ4v) is 4.73. The summed E-state index contributed by atoms with van der Waals surface area (Å²) in [5, 5.41) is 2.90. The van der Waals surface area contributed by atoms with Crippen molar-refractivity contribution in [2.75, 3.05) is 18.9 Å². The molecule has 6 heteroatoms. The molecule has 2 unspecified atom stereocenters. The smallest absolute Gasteiger partial charge is 0.221 e. The first-order valence-electron chi connectivity index (χ1n) is 9.68. The second kappa shape index (κ2) is 9.34. The Morgan fingerprint density at radius 3 is 2.54 bits per heavy atom. The molecule has 1 amide bonds. The molecule has 0 aromatic heterocycles. The standard InChI is InChI=1S/C22H27NO4S/c1-17-9-11-20(12-10-17)28(25,26)15-13-21(24)23-16-19-8-5-14-27-22(19)18-6-3-2-4-7-18/h2-4,6-7,9-12,19,22H,5,8,13-16H2,1H3,(H,23,24). The molecular weight excluding hydrogens is 374 g/mol. The molecule has 1 fully saturated rings. The molecule has 3 rings (SSSR count). The van der Waals surface area contributed by atoms with Crippen LogP contribution in [0.5, 0.6) is 0 Å². The maximum atomic E-state index is 12.4. The number of sulfone groups is 1. The van der Waals surface area contributed by atoms with Crippen LogP contribution in [0.4, 0.5) is 0 Å². The van der Waals surface area contributed by atoms with Gasteiger partial charge in [-0.2, -0.15) is 0 Å². The van der Waals surface area contributed by atoms with Gasteiger partial charge >= 0.3 is 0 Å². The summed E-state index contributed by atoms with van der Waals surface area (Å²) < 4.78 is 30.7. The number of carbonyl (C=O) groups is 1. The molecule has 1 saturated heterocycles. The van der Waals surface area contributed by atoms with Gasteiger partial charge in [0.1, 0.15) is 0 Å². The van der Waals surface area contributed by atoms with Crippen molar-refractivity contribution >= 4 is 15.7 Å². The van der Waals surface area contributed by atoms with Crippen LogP contribution in [0.1, 0.15) is 36.5 Å². The molecule has 0 aliphatic carbocycles. The number of amides is 1. The minimum absolute atomic E-state index is 0.0356. The normalized spacial score (nSPS) is 19.9. The van der Waals surface area contributed by atoms with Gasteiger partial charge in [0.2, 0.25) is 5.91 Å². The van der Waals surface area contributed by atoms with Gasteiger partial charge in [0.25, 0.3) is 0 Å². The number of nitrogens with one attached hydrogen (secondary N) is 1. The van der Waals surface area contributed by atoms with Crippen LogP contribution in [-0.4, -0.2) is 33.2 Å². The number of hydrogen-bond donors (Lipinski definition) is 1. The Kier molecular flexibility index (Phi) is 6.86. The number of rotatable bonds is 7. The van der Waals surface area contributed by atoms with Gasteiger partial charge in [-0.05, 0) is 37.5 Å². The van der Waals surface area contributed by atoms with E-state index in [4.69, 9.17) is 4.74 Å². The topological polar surface area (TPSA) is 72.5 Å². The summed E-state index contributed by atoms with van der Waals surface area (Å²) in [6.07, 6.45) is 1.86. The van der Waals surface area contributed by atoms with Crippen molar-refractivity contribution in [2.45, 2.75) is 37.2 Å². The Balaban J connectivity index is 1.52. The molecule has 150 valence electrons. The van der Waals surface area contributed by atoms with Crippen LogP contribution >= 0.6 is 0 Å². The lowest BCUT2D eigenvalue weighted by Gasteiger charge is -2.32. The Labute approximate surface area is 167 Å². The van der Waals surface area contributed by atoms with Crippen LogP contribution in [0, 0.1) is 12.8 Å². The third-order valence-corrected chi connectivity index (χ3v) is 6.84. The van der Waals surface area contributed by atoms with E-state index in [0.29, 0.717) is 6.54 Å². The second-order valence-corrected chi connectivity index (χ2v) is 9.40. The fourth-order valence-electron chi connectivity index (χ4n) is 3.49.